The van der Waals surface area contributed by atoms with Crippen LogP contribution < -0.4 is 10.6 Å². The molecule has 1 rings (SSSR count). The van der Waals surface area contributed by atoms with E-state index in [9.17, 15) is 19.5 Å². The van der Waals surface area contributed by atoms with Crippen LogP contribution >= 0.6 is 0 Å². The Bertz CT molecular complexity index is 591. The van der Waals surface area contributed by atoms with Crippen LogP contribution in [0.1, 0.15) is 25.8 Å². The van der Waals surface area contributed by atoms with Gasteiger partial charge in [-0.15, -0.1) is 0 Å². The summed E-state index contributed by atoms with van der Waals surface area (Å²) in [6.07, 6.45) is -2.06. The van der Waals surface area contributed by atoms with Gasteiger partial charge in [-0.25, -0.2) is 9.59 Å². The summed E-state index contributed by atoms with van der Waals surface area (Å²) in [4.78, 5) is 35.1. The number of hydrogen-bond acceptors (Lipinski definition) is 6. The van der Waals surface area contributed by atoms with Crippen LogP contribution in [-0.4, -0.2) is 48.9 Å². The summed E-state index contributed by atoms with van der Waals surface area (Å²) < 4.78 is 9.63. The zero-order valence-corrected chi connectivity index (χ0v) is 15.2. The molecule has 1 aromatic carbocycles. The third-order valence-corrected chi connectivity index (χ3v) is 3.55. The van der Waals surface area contributed by atoms with Gasteiger partial charge >= 0.3 is 12.1 Å². The van der Waals surface area contributed by atoms with Gasteiger partial charge in [-0.05, 0) is 11.5 Å². The van der Waals surface area contributed by atoms with Crippen LogP contribution in [0.25, 0.3) is 0 Å². The minimum atomic E-state index is -1.11. The van der Waals surface area contributed by atoms with Gasteiger partial charge in [0.15, 0.2) is 0 Å². The average Bonchev–Trinajstić information content (AvgIpc) is 2.62. The number of carbonyl (C=O) groups is 3. The maximum absolute atomic E-state index is 11.9. The lowest BCUT2D eigenvalue weighted by Crippen LogP contribution is -2.46. The molecule has 0 bridgehead atoms. The lowest BCUT2D eigenvalue weighted by atomic mass is 10.0. The van der Waals surface area contributed by atoms with Crippen molar-refractivity contribution in [1.29, 1.82) is 0 Å². The second kappa shape index (κ2) is 11.1. The van der Waals surface area contributed by atoms with Gasteiger partial charge in [0.25, 0.3) is 0 Å². The molecule has 3 N–H and O–H groups in total. The molecule has 0 aliphatic rings. The highest BCUT2D eigenvalue weighted by molar-refractivity contribution is 5.84. The Balaban J connectivity index is 2.31. The molecule has 0 radical (unpaired) electrons. The summed E-state index contributed by atoms with van der Waals surface area (Å²) in [5.74, 6) is -1.22. The number of aliphatic hydroxyl groups is 1. The first-order valence-corrected chi connectivity index (χ1v) is 8.33. The van der Waals surface area contributed by atoms with Gasteiger partial charge in [0.05, 0.1) is 19.6 Å². The number of methoxy groups -OCH3 is 1. The molecule has 0 aliphatic carbocycles. The van der Waals surface area contributed by atoms with Crippen molar-refractivity contribution in [3.8, 4) is 0 Å². The molecule has 0 saturated carbocycles. The van der Waals surface area contributed by atoms with E-state index in [1.54, 1.807) is 13.8 Å². The Morgan fingerprint density at radius 1 is 1.15 bits per heavy atom. The minimum Gasteiger partial charge on any atom is -0.467 e. The fraction of sp³-hybridized carbons (Fsp3) is 0.500. The van der Waals surface area contributed by atoms with E-state index in [0.29, 0.717) is 0 Å². The molecule has 1 aromatic rings. The van der Waals surface area contributed by atoms with E-state index in [2.05, 4.69) is 15.4 Å². The second-order valence-electron chi connectivity index (χ2n) is 6.11. The molecule has 0 heterocycles. The van der Waals surface area contributed by atoms with Gasteiger partial charge in [-0.3, -0.25) is 4.79 Å². The van der Waals surface area contributed by atoms with Gasteiger partial charge < -0.3 is 25.2 Å². The number of rotatable bonds is 9. The zero-order valence-electron chi connectivity index (χ0n) is 15.2. The van der Waals surface area contributed by atoms with E-state index < -0.39 is 30.1 Å². The first-order chi connectivity index (χ1) is 12.3. The quantitative estimate of drug-likeness (QED) is 0.561. The van der Waals surface area contributed by atoms with E-state index in [4.69, 9.17) is 4.74 Å². The molecule has 0 spiro atoms. The van der Waals surface area contributed by atoms with Crippen molar-refractivity contribution in [2.45, 2.75) is 39.0 Å². The predicted octanol–water partition coefficient (Wildman–Crippen LogP) is 0.978. The highest BCUT2D eigenvalue weighted by Gasteiger charge is 2.25. The highest BCUT2D eigenvalue weighted by Crippen LogP contribution is 2.05. The van der Waals surface area contributed by atoms with E-state index in [0.717, 1.165) is 5.56 Å². The molecular weight excluding hydrogens is 340 g/mol. The van der Waals surface area contributed by atoms with Crippen LogP contribution in [0, 0.1) is 5.92 Å². The van der Waals surface area contributed by atoms with Gasteiger partial charge in [-0.1, -0.05) is 44.2 Å². The number of esters is 1. The number of alkyl carbamates (subject to hydrolysis) is 1. The first-order valence-electron chi connectivity index (χ1n) is 8.33. The topological polar surface area (TPSA) is 114 Å². The van der Waals surface area contributed by atoms with Crippen molar-refractivity contribution in [2.75, 3.05) is 13.7 Å². The Morgan fingerprint density at radius 2 is 1.81 bits per heavy atom. The number of aliphatic hydroxyl groups excluding tert-OH is 1. The molecule has 0 aromatic heterocycles. The van der Waals surface area contributed by atoms with Crippen LogP contribution in [0.2, 0.25) is 0 Å². The largest absolute Gasteiger partial charge is 0.467 e. The van der Waals surface area contributed by atoms with Gasteiger partial charge in [-0.2, -0.15) is 0 Å². The third-order valence-electron chi connectivity index (χ3n) is 3.55. The summed E-state index contributed by atoms with van der Waals surface area (Å²) in [6.45, 7) is 3.50. The molecule has 2 atom stereocenters. The molecule has 26 heavy (non-hydrogen) atoms. The summed E-state index contributed by atoms with van der Waals surface area (Å²) in [6, 6.07) is 8.37. The monoisotopic (exact) mass is 366 g/mol. The van der Waals surface area contributed by atoms with Crippen LogP contribution in [0.4, 0.5) is 4.79 Å². The number of nitrogens with one attached hydrogen (secondary N) is 2. The van der Waals surface area contributed by atoms with Crippen molar-refractivity contribution in [3.05, 3.63) is 35.9 Å². The fourth-order valence-corrected chi connectivity index (χ4v) is 2.12. The maximum atomic E-state index is 11.9. The molecule has 0 unspecified atom stereocenters. The van der Waals surface area contributed by atoms with E-state index >= 15 is 0 Å². The molecule has 0 fully saturated rings. The van der Waals surface area contributed by atoms with Crippen LogP contribution in [0.3, 0.4) is 0 Å². The summed E-state index contributed by atoms with van der Waals surface area (Å²) in [5, 5.41) is 14.8. The van der Waals surface area contributed by atoms with Crippen LogP contribution in [0.5, 0.6) is 0 Å². The number of benzene rings is 1. The Labute approximate surface area is 152 Å². The smallest absolute Gasteiger partial charge is 0.407 e. The van der Waals surface area contributed by atoms with Crippen LogP contribution in [0.15, 0.2) is 30.3 Å². The molecule has 8 heteroatoms. The van der Waals surface area contributed by atoms with Crippen molar-refractivity contribution < 1.29 is 29.0 Å². The van der Waals surface area contributed by atoms with E-state index in [-0.39, 0.29) is 25.5 Å². The van der Waals surface area contributed by atoms with E-state index in [1.165, 1.54) is 7.11 Å². The third kappa shape index (κ3) is 7.98. The second-order valence-corrected chi connectivity index (χ2v) is 6.11. The van der Waals surface area contributed by atoms with Crippen LogP contribution in [-0.2, 0) is 25.7 Å². The van der Waals surface area contributed by atoms with Crippen molar-refractivity contribution in [2.24, 2.45) is 5.92 Å². The fourth-order valence-electron chi connectivity index (χ4n) is 2.12. The SMILES string of the molecule is COC(=O)[C@H](NC(=O)C[C@@H](O)CNC(=O)OCc1ccccc1)C(C)C. The number of carbonyl (C=O) groups excluding carboxylic acids is 3. The lowest BCUT2D eigenvalue weighted by molar-refractivity contribution is -0.146. The highest BCUT2D eigenvalue weighted by atomic mass is 16.5. The standard InChI is InChI=1S/C18H26N2O6/c1-12(2)16(17(23)25-3)20-15(22)9-14(21)10-19-18(24)26-11-13-7-5-4-6-8-13/h4-8,12,14,16,21H,9-11H2,1-3H3,(H,19,24)(H,20,22)/t14-,16-/m1/s1. The molecule has 8 nitrogen and oxygen atoms in total. The van der Waals surface area contributed by atoms with Crippen molar-refractivity contribution in [3.63, 3.8) is 0 Å². The molecule has 144 valence electrons. The Morgan fingerprint density at radius 3 is 2.38 bits per heavy atom. The Hall–Kier alpha value is -2.61. The predicted molar refractivity (Wildman–Crippen MR) is 94.0 cm³/mol. The maximum Gasteiger partial charge on any atom is 0.407 e. The van der Waals surface area contributed by atoms with Gasteiger partial charge in [0, 0.05) is 6.54 Å². The van der Waals surface area contributed by atoms with Gasteiger partial charge in [0.1, 0.15) is 12.6 Å². The summed E-state index contributed by atoms with van der Waals surface area (Å²) >= 11 is 0. The van der Waals surface area contributed by atoms with Gasteiger partial charge in [0.2, 0.25) is 5.91 Å². The average molecular weight is 366 g/mol. The van der Waals surface area contributed by atoms with Crippen molar-refractivity contribution in [1.82, 2.24) is 10.6 Å². The molecule has 0 saturated heterocycles. The summed E-state index contributed by atoms with van der Waals surface area (Å²) in [7, 11) is 1.24. The lowest BCUT2D eigenvalue weighted by Gasteiger charge is -2.20. The Kier molecular flexibility index (Phi) is 9.14. The molecule has 2 amide bonds. The zero-order chi connectivity index (χ0) is 19.5. The van der Waals surface area contributed by atoms with E-state index in [1.807, 2.05) is 30.3 Å². The van der Waals surface area contributed by atoms with Crippen molar-refractivity contribution >= 4 is 18.0 Å². The normalized spacial score (nSPS) is 12.8. The first kappa shape index (κ1) is 21.4. The molecule has 0 aliphatic heterocycles. The summed E-state index contributed by atoms with van der Waals surface area (Å²) in [5.41, 5.74) is 0.838. The molecular formula is C18H26N2O6. The number of ether oxygens (including phenoxy) is 2. The minimum absolute atomic E-state index is 0.110. The number of amides is 2. The number of hydrogen-bond donors (Lipinski definition) is 3.